The number of hydrogen-bond donors (Lipinski definition) is 0. The number of fused-ring (bicyclic) bond motifs is 1. The van der Waals surface area contributed by atoms with Gasteiger partial charge in [-0.15, -0.1) is 0 Å². The van der Waals surface area contributed by atoms with Crippen LogP contribution in [0.4, 0.5) is 13.2 Å². The number of ether oxygens (including phenoxy) is 1. The largest absolute Gasteiger partial charge is 0.414 e. The highest BCUT2D eigenvalue weighted by Crippen LogP contribution is 2.44. The van der Waals surface area contributed by atoms with E-state index < -0.39 is 24.0 Å². The SMILES string of the molecule is N#CC1=c2ncncc2=CN(C2(C(F)(F)F)CCOC2)C1=C=O. The van der Waals surface area contributed by atoms with E-state index in [9.17, 15) is 23.2 Å². The van der Waals surface area contributed by atoms with Crippen LogP contribution in [0.2, 0.25) is 0 Å². The zero-order chi connectivity index (χ0) is 16.7. The van der Waals surface area contributed by atoms with Crippen LogP contribution in [0.15, 0.2) is 18.2 Å². The van der Waals surface area contributed by atoms with E-state index in [2.05, 4.69) is 9.97 Å². The number of alkyl halides is 3. The van der Waals surface area contributed by atoms with Crippen LogP contribution in [0.1, 0.15) is 6.42 Å². The molecule has 1 aromatic heterocycles. The summed E-state index contributed by atoms with van der Waals surface area (Å²) in [6.07, 6.45) is -1.47. The van der Waals surface area contributed by atoms with Gasteiger partial charge in [0.05, 0.1) is 12.0 Å². The number of halogens is 3. The van der Waals surface area contributed by atoms with Crippen LogP contribution >= 0.6 is 0 Å². The molecule has 0 amide bonds. The third kappa shape index (κ3) is 2.11. The second kappa shape index (κ2) is 5.19. The number of hydrogen-bond acceptors (Lipinski definition) is 6. The lowest BCUT2D eigenvalue weighted by Gasteiger charge is -2.41. The maximum Gasteiger partial charge on any atom is 0.414 e. The molecule has 0 aliphatic carbocycles. The van der Waals surface area contributed by atoms with E-state index in [1.165, 1.54) is 12.1 Å². The molecular weight excluding hydrogens is 313 g/mol. The van der Waals surface area contributed by atoms with Gasteiger partial charge in [-0.1, -0.05) is 0 Å². The summed E-state index contributed by atoms with van der Waals surface area (Å²) in [6.45, 7) is -0.740. The fourth-order valence-corrected chi connectivity index (χ4v) is 2.73. The molecule has 0 radical (unpaired) electrons. The predicted octanol–water partition coefficient (Wildman–Crippen LogP) is -0.359. The van der Waals surface area contributed by atoms with Crippen LogP contribution in [0, 0.1) is 11.3 Å². The minimum absolute atomic E-state index is 0.101. The molecule has 0 bridgehead atoms. The Kier molecular flexibility index (Phi) is 3.43. The van der Waals surface area contributed by atoms with Crippen molar-refractivity contribution in [1.29, 1.82) is 5.26 Å². The molecule has 1 saturated heterocycles. The monoisotopic (exact) mass is 322 g/mol. The van der Waals surface area contributed by atoms with E-state index in [4.69, 9.17) is 4.74 Å². The maximum absolute atomic E-state index is 13.7. The van der Waals surface area contributed by atoms with Gasteiger partial charge in [0.1, 0.15) is 23.7 Å². The van der Waals surface area contributed by atoms with Crippen molar-refractivity contribution in [3.8, 4) is 6.07 Å². The molecule has 0 saturated carbocycles. The summed E-state index contributed by atoms with van der Waals surface area (Å²) in [5, 5.41) is 9.61. The third-order valence-corrected chi connectivity index (χ3v) is 3.92. The Labute approximate surface area is 127 Å². The summed E-state index contributed by atoms with van der Waals surface area (Å²) in [6, 6.07) is 1.74. The van der Waals surface area contributed by atoms with E-state index in [1.807, 2.05) is 0 Å². The minimum atomic E-state index is -4.67. The van der Waals surface area contributed by atoms with Gasteiger partial charge in [-0.25, -0.2) is 14.8 Å². The second-order valence-corrected chi connectivity index (χ2v) is 5.10. The van der Waals surface area contributed by atoms with Gasteiger partial charge in [-0.05, 0) is 0 Å². The number of allylic oxidation sites excluding steroid dienone is 1. The number of nitrogens with zero attached hydrogens (tertiary/aromatic N) is 4. The van der Waals surface area contributed by atoms with Gasteiger partial charge in [-0.2, -0.15) is 18.4 Å². The van der Waals surface area contributed by atoms with Crippen LogP contribution < -0.4 is 10.6 Å². The van der Waals surface area contributed by atoms with Gasteiger partial charge in [0.2, 0.25) is 0 Å². The first-order chi connectivity index (χ1) is 10.9. The minimum Gasteiger partial charge on any atom is -0.379 e. The molecular formula is C14H9F3N4O2. The molecule has 0 N–H and O–H groups in total. The molecule has 1 atom stereocenters. The third-order valence-electron chi connectivity index (χ3n) is 3.92. The Hall–Kier alpha value is -2.69. The first-order valence-electron chi connectivity index (χ1n) is 6.56. The summed E-state index contributed by atoms with van der Waals surface area (Å²) in [5.74, 6) is 1.46. The molecule has 0 spiro atoms. The lowest BCUT2D eigenvalue weighted by molar-refractivity contribution is -0.214. The van der Waals surface area contributed by atoms with Gasteiger partial charge in [0, 0.05) is 30.6 Å². The standard InChI is InChI=1S/C14H9F3N4O2/c15-14(16,17)13(1-2-23-7-13)21-5-9-4-19-8-20-12(9)10(3-18)11(21)6-22/h4-5,8H,1-2,7H2. The molecule has 6 nitrogen and oxygen atoms in total. The molecule has 118 valence electrons. The van der Waals surface area contributed by atoms with E-state index >= 15 is 0 Å². The van der Waals surface area contributed by atoms with Crippen LogP contribution in [-0.2, 0) is 9.53 Å². The fourth-order valence-electron chi connectivity index (χ4n) is 2.73. The average molecular weight is 322 g/mol. The van der Waals surface area contributed by atoms with Gasteiger partial charge >= 0.3 is 6.18 Å². The summed E-state index contributed by atoms with van der Waals surface area (Å²) >= 11 is 0. The number of carbonyl (C=O) groups excluding carboxylic acids is 1. The highest BCUT2D eigenvalue weighted by molar-refractivity contribution is 5.86. The van der Waals surface area contributed by atoms with E-state index in [0.717, 1.165) is 17.4 Å². The van der Waals surface area contributed by atoms with Crippen molar-refractivity contribution in [3.63, 3.8) is 0 Å². The Bertz CT molecular complexity index is 859. The first-order valence-corrected chi connectivity index (χ1v) is 6.56. The molecule has 2 aliphatic heterocycles. The van der Waals surface area contributed by atoms with E-state index in [-0.39, 0.29) is 29.2 Å². The van der Waals surface area contributed by atoms with E-state index in [1.54, 1.807) is 6.07 Å². The first kappa shape index (κ1) is 15.2. The van der Waals surface area contributed by atoms with Crippen molar-refractivity contribution < 1.29 is 22.7 Å². The second-order valence-electron chi connectivity index (χ2n) is 5.10. The zero-order valence-electron chi connectivity index (χ0n) is 11.6. The maximum atomic E-state index is 13.7. The molecule has 23 heavy (non-hydrogen) atoms. The van der Waals surface area contributed by atoms with E-state index in [0.29, 0.717) is 0 Å². The number of aromatic nitrogens is 2. The Morgan fingerprint density at radius 2 is 2.22 bits per heavy atom. The molecule has 0 aromatic carbocycles. The Balaban J connectivity index is 2.32. The molecule has 9 heteroatoms. The zero-order valence-corrected chi connectivity index (χ0v) is 11.6. The van der Waals surface area contributed by atoms with Crippen molar-refractivity contribution >= 4 is 17.7 Å². The van der Waals surface area contributed by atoms with Crippen LogP contribution in [0.25, 0.3) is 11.8 Å². The highest BCUT2D eigenvalue weighted by Gasteiger charge is 2.61. The van der Waals surface area contributed by atoms with Crippen LogP contribution in [-0.4, -0.2) is 45.7 Å². The lowest BCUT2D eigenvalue weighted by Crippen LogP contribution is -2.59. The van der Waals surface area contributed by atoms with Gasteiger partial charge in [0.15, 0.2) is 11.5 Å². The quantitative estimate of drug-likeness (QED) is 0.657. The Morgan fingerprint density at radius 3 is 2.78 bits per heavy atom. The van der Waals surface area contributed by atoms with Gasteiger partial charge in [0.25, 0.3) is 0 Å². The highest BCUT2D eigenvalue weighted by atomic mass is 19.4. The molecule has 1 fully saturated rings. The van der Waals surface area contributed by atoms with Crippen molar-refractivity contribution in [1.82, 2.24) is 14.9 Å². The number of nitriles is 1. The van der Waals surface area contributed by atoms with Crippen LogP contribution in [0.3, 0.4) is 0 Å². The molecule has 3 heterocycles. The molecule has 1 unspecified atom stereocenters. The Morgan fingerprint density at radius 1 is 1.43 bits per heavy atom. The van der Waals surface area contributed by atoms with Crippen molar-refractivity contribution in [3.05, 3.63) is 28.8 Å². The fraction of sp³-hybridized carbons (Fsp3) is 0.357. The molecule has 2 aliphatic rings. The summed E-state index contributed by atoms with van der Waals surface area (Å²) in [5.41, 5.74) is -3.19. The normalized spacial score (nSPS) is 23.8. The predicted molar refractivity (Wildman–Crippen MR) is 70.0 cm³/mol. The summed E-state index contributed by atoms with van der Waals surface area (Å²) in [7, 11) is 0. The van der Waals surface area contributed by atoms with Gasteiger partial charge < -0.3 is 9.64 Å². The van der Waals surface area contributed by atoms with Crippen molar-refractivity contribution in [2.45, 2.75) is 18.1 Å². The number of rotatable bonds is 1. The van der Waals surface area contributed by atoms with Crippen LogP contribution in [0.5, 0.6) is 0 Å². The van der Waals surface area contributed by atoms with Gasteiger partial charge in [-0.3, -0.25) is 0 Å². The average Bonchev–Trinajstić information content (AvgIpc) is 3.03. The lowest BCUT2D eigenvalue weighted by atomic mass is 9.92. The van der Waals surface area contributed by atoms with Crippen molar-refractivity contribution in [2.24, 2.45) is 0 Å². The topological polar surface area (TPSA) is 79.1 Å². The molecule has 3 rings (SSSR count). The summed E-state index contributed by atoms with van der Waals surface area (Å²) in [4.78, 5) is 19.7. The molecule has 1 aromatic rings. The van der Waals surface area contributed by atoms with Crippen molar-refractivity contribution in [2.75, 3.05) is 13.2 Å². The summed E-state index contributed by atoms with van der Waals surface area (Å²) < 4.78 is 46.1. The smallest absolute Gasteiger partial charge is 0.379 e.